The molecule has 1 aromatic carbocycles. The zero-order chi connectivity index (χ0) is 11.0. The minimum atomic E-state index is 0.710. The number of H-pyrrole nitrogens is 1. The predicted octanol–water partition coefficient (Wildman–Crippen LogP) is 3.66. The number of halogens is 1. The van der Waals surface area contributed by atoms with Crippen molar-refractivity contribution in [2.45, 2.75) is 20.8 Å². The van der Waals surface area contributed by atoms with Gasteiger partial charge in [-0.1, -0.05) is 35.4 Å². The summed E-state index contributed by atoms with van der Waals surface area (Å²) in [5.41, 5.74) is 5.29. The van der Waals surface area contributed by atoms with Gasteiger partial charge in [-0.15, -0.1) is 0 Å². The Labute approximate surface area is 94.3 Å². The third kappa shape index (κ3) is 1.77. The highest BCUT2D eigenvalue weighted by molar-refractivity contribution is 6.33. The first kappa shape index (κ1) is 10.2. The topological polar surface area (TPSA) is 28.7 Å². The second kappa shape index (κ2) is 3.70. The van der Waals surface area contributed by atoms with Crippen LogP contribution >= 0.6 is 11.6 Å². The van der Waals surface area contributed by atoms with Gasteiger partial charge in [0, 0.05) is 5.56 Å². The van der Waals surface area contributed by atoms with Crippen molar-refractivity contribution in [3.05, 3.63) is 40.0 Å². The monoisotopic (exact) mass is 220 g/mol. The van der Waals surface area contributed by atoms with Crippen LogP contribution in [0.15, 0.2) is 18.2 Å². The van der Waals surface area contributed by atoms with Crippen molar-refractivity contribution in [2.75, 3.05) is 0 Å². The van der Waals surface area contributed by atoms with E-state index >= 15 is 0 Å². The number of nitrogens with one attached hydrogen (secondary N) is 1. The molecule has 0 aliphatic carbocycles. The molecule has 1 aromatic heterocycles. The van der Waals surface area contributed by atoms with E-state index in [9.17, 15) is 0 Å². The zero-order valence-electron chi connectivity index (χ0n) is 9.06. The Morgan fingerprint density at radius 3 is 2.47 bits per heavy atom. The molecule has 1 N–H and O–H groups in total. The van der Waals surface area contributed by atoms with Gasteiger partial charge in [-0.05, 0) is 26.3 Å². The normalized spacial score (nSPS) is 10.7. The molecule has 0 unspecified atom stereocenters. The minimum absolute atomic E-state index is 0.710. The number of nitrogens with zero attached hydrogens (tertiary/aromatic N) is 1. The number of aryl methyl sites for hydroxylation is 3. The molecule has 0 fully saturated rings. The van der Waals surface area contributed by atoms with Crippen LogP contribution in [-0.2, 0) is 0 Å². The van der Waals surface area contributed by atoms with Crippen molar-refractivity contribution in [2.24, 2.45) is 0 Å². The van der Waals surface area contributed by atoms with Gasteiger partial charge in [0.05, 0.1) is 10.7 Å². The Kier molecular flexibility index (Phi) is 2.53. The summed E-state index contributed by atoms with van der Waals surface area (Å²) in [5, 5.41) is 7.82. The van der Waals surface area contributed by atoms with Gasteiger partial charge in [0.2, 0.25) is 0 Å². The fourth-order valence-corrected chi connectivity index (χ4v) is 1.86. The molecule has 78 valence electrons. The van der Waals surface area contributed by atoms with Gasteiger partial charge in [-0.3, -0.25) is 5.10 Å². The molecule has 2 nitrogen and oxygen atoms in total. The molecule has 1 heterocycles. The maximum atomic E-state index is 6.16. The molecule has 0 saturated heterocycles. The third-order valence-corrected chi connectivity index (χ3v) is 2.97. The molecule has 0 atom stereocenters. The molecule has 0 bridgehead atoms. The van der Waals surface area contributed by atoms with Crippen molar-refractivity contribution in [3.8, 4) is 11.3 Å². The molecule has 2 rings (SSSR count). The quantitative estimate of drug-likeness (QED) is 0.781. The molecule has 15 heavy (non-hydrogen) atoms. The summed E-state index contributed by atoms with van der Waals surface area (Å²) in [7, 11) is 0. The molecular formula is C12H13ClN2. The van der Waals surface area contributed by atoms with Gasteiger partial charge in [-0.25, -0.2) is 0 Å². The van der Waals surface area contributed by atoms with Crippen LogP contribution in [0.3, 0.4) is 0 Å². The standard InChI is InChI=1S/C12H13ClN2/c1-7-4-5-10(8(2)6-7)12-11(13)9(3)14-15-12/h4-6H,1-3H3,(H,14,15). The maximum Gasteiger partial charge on any atom is 0.111 e. The fraction of sp³-hybridized carbons (Fsp3) is 0.250. The molecule has 0 aliphatic rings. The van der Waals surface area contributed by atoms with Gasteiger partial charge in [0.15, 0.2) is 0 Å². The van der Waals surface area contributed by atoms with Gasteiger partial charge in [0.25, 0.3) is 0 Å². The molecule has 0 spiro atoms. The van der Waals surface area contributed by atoms with Crippen LogP contribution in [0.5, 0.6) is 0 Å². The average molecular weight is 221 g/mol. The van der Waals surface area contributed by atoms with Crippen LogP contribution < -0.4 is 0 Å². The van der Waals surface area contributed by atoms with Crippen LogP contribution in [0.2, 0.25) is 5.02 Å². The Morgan fingerprint density at radius 1 is 1.20 bits per heavy atom. The number of hydrogen-bond acceptors (Lipinski definition) is 1. The summed E-state index contributed by atoms with van der Waals surface area (Å²) in [6.07, 6.45) is 0. The molecule has 2 aromatic rings. The summed E-state index contributed by atoms with van der Waals surface area (Å²) in [5.74, 6) is 0. The van der Waals surface area contributed by atoms with Crippen molar-refractivity contribution < 1.29 is 0 Å². The Hall–Kier alpha value is -1.28. The predicted molar refractivity (Wildman–Crippen MR) is 63.2 cm³/mol. The zero-order valence-corrected chi connectivity index (χ0v) is 9.81. The van der Waals surface area contributed by atoms with E-state index in [0.29, 0.717) is 5.02 Å². The fourth-order valence-electron chi connectivity index (χ4n) is 1.67. The summed E-state index contributed by atoms with van der Waals surface area (Å²) >= 11 is 6.16. The third-order valence-electron chi connectivity index (χ3n) is 2.51. The highest BCUT2D eigenvalue weighted by Gasteiger charge is 2.11. The van der Waals surface area contributed by atoms with E-state index in [-0.39, 0.29) is 0 Å². The van der Waals surface area contributed by atoms with E-state index in [1.54, 1.807) is 0 Å². The Balaban J connectivity index is 2.59. The van der Waals surface area contributed by atoms with Gasteiger partial charge < -0.3 is 0 Å². The summed E-state index contributed by atoms with van der Waals surface area (Å²) in [6.45, 7) is 6.07. The van der Waals surface area contributed by atoms with Crippen LogP contribution in [0, 0.1) is 20.8 Å². The van der Waals surface area contributed by atoms with Gasteiger partial charge in [0.1, 0.15) is 5.69 Å². The van der Waals surface area contributed by atoms with E-state index in [2.05, 4.69) is 42.2 Å². The van der Waals surface area contributed by atoms with E-state index in [1.807, 2.05) is 6.92 Å². The average Bonchev–Trinajstić information content (AvgIpc) is 2.49. The van der Waals surface area contributed by atoms with Gasteiger partial charge in [-0.2, -0.15) is 5.10 Å². The molecule has 0 radical (unpaired) electrons. The first-order valence-electron chi connectivity index (χ1n) is 4.87. The smallest absolute Gasteiger partial charge is 0.111 e. The van der Waals surface area contributed by atoms with Crippen LogP contribution in [-0.4, -0.2) is 10.2 Å². The summed E-state index contributed by atoms with van der Waals surface area (Å²) in [4.78, 5) is 0. The number of rotatable bonds is 1. The first-order chi connectivity index (χ1) is 7.09. The van der Waals surface area contributed by atoms with Crippen LogP contribution in [0.1, 0.15) is 16.8 Å². The number of benzene rings is 1. The maximum absolute atomic E-state index is 6.16. The van der Waals surface area contributed by atoms with Crippen LogP contribution in [0.25, 0.3) is 11.3 Å². The molecule has 0 saturated carbocycles. The Bertz CT molecular complexity index is 500. The molecule has 0 aliphatic heterocycles. The number of hydrogen-bond donors (Lipinski definition) is 1. The second-order valence-corrected chi connectivity index (χ2v) is 4.21. The largest absolute Gasteiger partial charge is 0.281 e. The first-order valence-corrected chi connectivity index (χ1v) is 5.25. The summed E-state index contributed by atoms with van der Waals surface area (Å²) in [6, 6.07) is 6.27. The number of aromatic nitrogens is 2. The summed E-state index contributed by atoms with van der Waals surface area (Å²) < 4.78 is 0. The lowest BCUT2D eigenvalue weighted by atomic mass is 10.0. The lowest BCUT2D eigenvalue weighted by molar-refractivity contribution is 1.05. The van der Waals surface area contributed by atoms with E-state index in [4.69, 9.17) is 11.6 Å². The Morgan fingerprint density at radius 2 is 1.93 bits per heavy atom. The highest BCUT2D eigenvalue weighted by atomic mass is 35.5. The minimum Gasteiger partial charge on any atom is -0.281 e. The second-order valence-electron chi connectivity index (χ2n) is 3.83. The lowest BCUT2D eigenvalue weighted by Gasteiger charge is -2.04. The van der Waals surface area contributed by atoms with Crippen molar-refractivity contribution in [3.63, 3.8) is 0 Å². The highest BCUT2D eigenvalue weighted by Crippen LogP contribution is 2.30. The van der Waals surface area contributed by atoms with Crippen molar-refractivity contribution in [1.29, 1.82) is 0 Å². The van der Waals surface area contributed by atoms with Crippen molar-refractivity contribution in [1.82, 2.24) is 10.2 Å². The van der Waals surface area contributed by atoms with E-state index in [0.717, 1.165) is 17.0 Å². The van der Waals surface area contributed by atoms with E-state index < -0.39 is 0 Å². The number of aromatic amines is 1. The molecular weight excluding hydrogens is 208 g/mol. The SMILES string of the molecule is Cc1ccc(-c2n[nH]c(C)c2Cl)c(C)c1. The lowest BCUT2D eigenvalue weighted by Crippen LogP contribution is -1.85. The molecule has 0 amide bonds. The van der Waals surface area contributed by atoms with Crippen LogP contribution in [0.4, 0.5) is 0 Å². The van der Waals surface area contributed by atoms with Gasteiger partial charge >= 0.3 is 0 Å². The van der Waals surface area contributed by atoms with Crippen molar-refractivity contribution >= 4 is 11.6 Å². The molecule has 3 heteroatoms. The van der Waals surface area contributed by atoms with E-state index in [1.165, 1.54) is 11.1 Å².